The van der Waals surface area contributed by atoms with Crippen LogP contribution in [-0.2, 0) is 6.42 Å². The molecule has 0 aromatic heterocycles. The monoisotopic (exact) mass is 357 g/mol. The third kappa shape index (κ3) is 4.40. The molecule has 0 atom stereocenters. The molecule has 0 saturated heterocycles. The average molecular weight is 357 g/mol. The molecule has 0 bridgehead atoms. The second-order valence-corrected chi connectivity index (χ2v) is 5.86. The lowest BCUT2D eigenvalue weighted by molar-refractivity contribution is 0.0992. The van der Waals surface area contributed by atoms with Gasteiger partial charge in [-0.2, -0.15) is 0 Å². The maximum absolute atomic E-state index is 12.5. The van der Waals surface area contributed by atoms with Crippen LogP contribution in [0.15, 0.2) is 54.4 Å². The van der Waals surface area contributed by atoms with Gasteiger partial charge in [0.15, 0.2) is 17.3 Å². The summed E-state index contributed by atoms with van der Waals surface area (Å²) in [5, 5.41) is 0. The molecule has 26 heavy (non-hydrogen) atoms. The number of hydrogen-bond acceptors (Lipinski definition) is 5. The molecule has 0 amide bonds. The Hall–Kier alpha value is -2.86. The maximum atomic E-state index is 12.5. The van der Waals surface area contributed by atoms with Crippen molar-refractivity contribution in [3.05, 3.63) is 65.5 Å². The molecule has 0 aliphatic carbocycles. The normalized spacial score (nSPS) is 13.4. The van der Waals surface area contributed by atoms with E-state index >= 15 is 0 Å². The predicted molar refractivity (Wildman–Crippen MR) is 95.6 cm³/mol. The average Bonchev–Trinajstić information content (AvgIpc) is 2.69. The Morgan fingerprint density at radius 1 is 1.12 bits per heavy atom. The Labute approximate surface area is 151 Å². The molecule has 0 fully saturated rings. The van der Waals surface area contributed by atoms with Crippen LogP contribution in [0.2, 0.25) is 0 Å². The third-order valence-corrected chi connectivity index (χ3v) is 3.99. The van der Waals surface area contributed by atoms with E-state index in [0.29, 0.717) is 47.9 Å². The highest BCUT2D eigenvalue weighted by Gasteiger charge is 2.14. The quantitative estimate of drug-likeness (QED) is 0.771. The molecule has 5 nitrogen and oxygen atoms in total. The van der Waals surface area contributed by atoms with Crippen LogP contribution in [0.4, 0.5) is 4.39 Å². The van der Waals surface area contributed by atoms with E-state index in [1.165, 1.54) is 0 Å². The van der Waals surface area contributed by atoms with Gasteiger partial charge in [-0.15, -0.1) is 0 Å². The number of carbonyl (C=O) groups excluding carboxylic acids is 1. The van der Waals surface area contributed by atoms with Crippen LogP contribution in [0.25, 0.3) is 0 Å². The molecule has 6 heteroatoms. The van der Waals surface area contributed by atoms with Crippen molar-refractivity contribution < 1.29 is 23.4 Å². The molecular weight excluding hydrogens is 337 g/mol. The number of halogens is 1. The van der Waals surface area contributed by atoms with Gasteiger partial charge in [0.1, 0.15) is 25.6 Å². The molecule has 1 heterocycles. The van der Waals surface area contributed by atoms with Crippen LogP contribution in [0.1, 0.15) is 15.9 Å². The predicted octanol–water partition coefficient (Wildman–Crippen LogP) is 3.07. The molecule has 1 aliphatic rings. The first-order valence-electron chi connectivity index (χ1n) is 8.32. The SMILES string of the molecule is NCC(=CF)COc1ccc(C(=O)Cc2ccc3c(c2)OCCO3)cc1. The summed E-state index contributed by atoms with van der Waals surface area (Å²) >= 11 is 0. The summed E-state index contributed by atoms with van der Waals surface area (Å²) in [7, 11) is 0. The van der Waals surface area contributed by atoms with E-state index in [2.05, 4.69) is 0 Å². The van der Waals surface area contributed by atoms with Gasteiger partial charge >= 0.3 is 0 Å². The number of ether oxygens (including phenoxy) is 3. The zero-order valence-corrected chi connectivity index (χ0v) is 14.2. The van der Waals surface area contributed by atoms with E-state index in [-0.39, 0.29) is 25.4 Å². The summed E-state index contributed by atoms with van der Waals surface area (Å²) in [5.41, 5.74) is 7.18. The Bertz CT molecular complexity index is 802. The Morgan fingerprint density at radius 3 is 2.54 bits per heavy atom. The lowest BCUT2D eigenvalue weighted by Gasteiger charge is -2.18. The van der Waals surface area contributed by atoms with Gasteiger partial charge in [-0.05, 0) is 42.0 Å². The summed E-state index contributed by atoms with van der Waals surface area (Å²) in [4.78, 5) is 12.5. The number of fused-ring (bicyclic) bond motifs is 1. The lowest BCUT2D eigenvalue weighted by Crippen LogP contribution is -2.15. The molecule has 1 aliphatic heterocycles. The highest BCUT2D eigenvalue weighted by molar-refractivity contribution is 5.97. The van der Waals surface area contributed by atoms with E-state index in [1.807, 2.05) is 18.2 Å². The van der Waals surface area contributed by atoms with Crippen LogP contribution in [0.5, 0.6) is 17.2 Å². The molecule has 0 spiro atoms. The third-order valence-electron chi connectivity index (χ3n) is 3.99. The van der Waals surface area contributed by atoms with Crippen molar-refractivity contribution >= 4 is 5.78 Å². The fraction of sp³-hybridized carbons (Fsp3) is 0.250. The van der Waals surface area contributed by atoms with Crippen molar-refractivity contribution in [3.8, 4) is 17.2 Å². The minimum atomic E-state index is -0.0143. The van der Waals surface area contributed by atoms with Gasteiger partial charge in [0.25, 0.3) is 0 Å². The standard InChI is InChI=1S/C20H20FNO4/c21-11-15(12-22)13-26-17-4-2-16(3-5-17)18(23)9-14-1-6-19-20(10-14)25-8-7-24-19/h1-6,10-11H,7-9,12-13,22H2. The second-order valence-electron chi connectivity index (χ2n) is 5.86. The van der Waals surface area contributed by atoms with Gasteiger partial charge in [-0.25, -0.2) is 4.39 Å². The first-order valence-corrected chi connectivity index (χ1v) is 8.32. The van der Waals surface area contributed by atoms with E-state index in [0.717, 1.165) is 5.56 Å². The summed E-state index contributed by atoms with van der Waals surface area (Å²) in [6.07, 6.45) is 0.712. The molecule has 0 saturated carbocycles. The highest BCUT2D eigenvalue weighted by atomic mass is 19.1. The topological polar surface area (TPSA) is 70.8 Å². The Balaban J connectivity index is 1.61. The van der Waals surface area contributed by atoms with Crippen LogP contribution < -0.4 is 19.9 Å². The molecule has 3 rings (SSSR count). The smallest absolute Gasteiger partial charge is 0.167 e. The number of carbonyl (C=O) groups is 1. The molecular formula is C20H20FNO4. The summed E-state index contributed by atoms with van der Waals surface area (Å²) in [5.74, 6) is 1.91. The van der Waals surface area contributed by atoms with Crippen molar-refractivity contribution in [2.24, 2.45) is 5.73 Å². The van der Waals surface area contributed by atoms with Gasteiger partial charge in [0, 0.05) is 24.1 Å². The van der Waals surface area contributed by atoms with Crippen molar-refractivity contribution in [3.63, 3.8) is 0 Å². The summed E-state index contributed by atoms with van der Waals surface area (Å²) < 4.78 is 28.9. The molecule has 2 N–H and O–H groups in total. The van der Waals surface area contributed by atoms with Gasteiger partial charge < -0.3 is 19.9 Å². The zero-order valence-electron chi connectivity index (χ0n) is 14.2. The molecule has 0 unspecified atom stereocenters. The van der Waals surface area contributed by atoms with E-state index < -0.39 is 0 Å². The lowest BCUT2D eigenvalue weighted by atomic mass is 10.0. The number of benzene rings is 2. The number of Topliss-reactive ketones (excluding diaryl/α,β-unsaturated/α-hetero) is 1. The minimum Gasteiger partial charge on any atom is -0.489 e. The van der Waals surface area contributed by atoms with Gasteiger partial charge in [-0.1, -0.05) is 6.07 Å². The van der Waals surface area contributed by atoms with Crippen molar-refractivity contribution in [2.75, 3.05) is 26.4 Å². The van der Waals surface area contributed by atoms with Gasteiger partial charge in [-0.3, -0.25) is 4.79 Å². The zero-order chi connectivity index (χ0) is 18.4. The maximum Gasteiger partial charge on any atom is 0.167 e. The molecule has 2 aromatic carbocycles. The number of nitrogens with two attached hydrogens (primary N) is 1. The summed E-state index contributed by atoms with van der Waals surface area (Å²) in [6, 6.07) is 12.3. The Morgan fingerprint density at radius 2 is 1.85 bits per heavy atom. The second kappa shape index (κ2) is 8.49. The highest BCUT2D eigenvalue weighted by Crippen LogP contribution is 2.31. The van der Waals surface area contributed by atoms with E-state index in [1.54, 1.807) is 24.3 Å². The van der Waals surface area contributed by atoms with Crippen LogP contribution in [0, 0.1) is 0 Å². The van der Waals surface area contributed by atoms with Crippen LogP contribution in [-0.4, -0.2) is 32.1 Å². The summed E-state index contributed by atoms with van der Waals surface area (Å²) in [6.45, 7) is 1.23. The first-order chi connectivity index (χ1) is 12.7. The fourth-order valence-corrected chi connectivity index (χ4v) is 2.53. The Kier molecular flexibility index (Phi) is 5.86. The van der Waals surface area contributed by atoms with E-state index in [9.17, 15) is 9.18 Å². The molecule has 136 valence electrons. The van der Waals surface area contributed by atoms with Gasteiger partial charge in [0.05, 0.1) is 6.33 Å². The number of rotatable bonds is 7. The first kappa shape index (κ1) is 17.9. The van der Waals surface area contributed by atoms with Crippen molar-refractivity contribution in [1.82, 2.24) is 0 Å². The minimum absolute atomic E-state index is 0.0143. The van der Waals surface area contributed by atoms with Crippen molar-refractivity contribution in [1.29, 1.82) is 0 Å². The molecule has 0 radical (unpaired) electrons. The largest absolute Gasteiger partial charge is 0.489 e. The van der Waals surface area contributed by atoms with Crippen molar-refractivity contribution in [2.45, 2.75) is 6.42 Å². The van der Waals surface area contributed by atoms with Crippen LogP contribution in [0.3, 0.4) is 0 Å². The fourth-order valence-electron chi connectivity index (χ4n) is 2.53. The number of ketones is 1. The van der Waals surface area contributed by atoms with Gasteiger partial charge in [0.2, 0.25) is 0 Å². The number of hydrogen-bond donors (Lipinski definition) is 1. The molecule has 2 aromatic rings. The van der Waals surface area contributed by atoms with E-state index in [4.69, 9.17) is 19.9 Å². The van der Waals surface area contributed by atoms with Crippen LogP contribution >= 0.6 is 0 Å².